The van der Waals surface area contributed by atoms with E-state index < -0.39 is 23.3 Å². The molecule has 1 N–H and O–H groups in total. The summed E-state index contributed by atoms with van der Waals surface area (Å²) in [6, 6.07) is 2.43. The molecule has 1 aromatic heterocycles. The molecule has 5 nitrogen and oxygen atoms in total. The van der Waals surface area contributed by atoms with Crippen molar-refractivity contribution in [2.45, 2.75) is 32.9 Å². The van der Waals surface area contributed by atoms with Crippen molar-refractivity contribution in [2.75, 3.05) is 7.05 Å². The summed E-state index contributed by atoms with van der Waals surface area (Å²) >= 11 is 0. The highest BCUT2D eigenvalue weighted by atomic mass is 19.2. The van der Waals surface area contributed by atoms with E-state index in [4.69, 9.17) is 4.74 Å². The highest BCUT2D eigenvalue weighted by Crippen LogP contribution is 2.19. The lowest BCUT2D eigenvalue weighted by Crippen LogP contribution is -2.34. The van der Waals surface area contributed by atoms with Crippen LogP contribution in [-0.2, 0) is 11.3 Å². The van der Waals surface area contributed by atoms with E-state index in [9.17, 15) is 13.6 Å². The van der Waals surface area contributed by atoms with Gasteiger partial charge in [0.05, 0.1) is 12.1 Å². The summed E-state index contributed by atoms with van der Waals surface area (Å²) in [6.07, 6.45) is -0.519. The maximum atomic E-state index is 13.6. The van der Waals surface area contributed by atoms with Gasteiger partial charge in [0.2, 0.25) is 0 Å². The van der Waals surface area contributed by atoms with Crippen molar-refractivity contribution in [3.8, 4) is 0 Å². The van der Waals surface area contributed by atoms with Gasteiger partial charge in [-0.2, -0.15) is 0 Å². The van der Waals surface area contributed by atoms with E-state index in [2.05, 4.69) is 9.97 Å². The van der Waals surface area contributed by atoms with Crippen LogP contribution in [0.1, 0.15) is 26.6 Å². The zero-order chi connectivity index (χ0) is 15.8. The quantitative estimate of drug-likeness (QED) is 0.926. The average molecular weight is 297 g/mol. The van der Waals surface area contributed by atoms with E-state index in [0.717, 1.165) is 6.07 Å². The smallest absolute Gasteiger partial charge is 0.410 e. The fourth-order valence-corrected chi connectivity index (χ4v) is 1.77. The van der Waals surface area contributed by atoms with Crippen molar-refractivity contribution in [3.63, 3.8) is 0 Å². The van der Waals surface area contributed by atoms with Crippen LogP contribution in [0.15, 0.2) is 12.1 Å². The Hall–Kier alpha value is -2.18. The molecule has 21 heavy (non-hydrogen) atoms. The van der Waals surface area contributed by atoms with Gasteiger partial charge in [-0.15, -0.1) is 0 Å². The summed E-state index contributed by atoms with van der Waals surface area (Å²) in [4.78, 5) is 19.9. The highest BCUT2D eigenvalue weighted by Gasteiger charge is 2.21. The van der Waals surface area contributed by atoms with Crippen molar-refractivity contribution in [3.05, 3.63) is 29.6 Å². The molecule has 1 aromatic carbocycles. The number of imidazole rings is 1. The van der Waals surface area contributed by atoms with Gasteiger partial charge in [-0.25, -0.2) is 18.6 Å². The molecule has 0 radical (unpaired) electrons. The topological polar surface area (TPSA) is 58.2 Å². The highest BCUT2D eigenvalue weighted by molar-refractivity contribution is 5.76. The third-order valence-corrected chi connectivity index (χ3v) is 2.69. The van der Waals surface area contributed by atoms with Crippen LogP contribution in [0.4, 0.5) is 13.6 Å². The van der Waals surface area contributed by atoms with Crippen LogP contribution in [0, 0.1) is 11.6 Å². The molecule has 0 unspecified atom stereocenters. The molecule has 2 aromatic rings. The fourth-order valence-electron chi connectivity index (χ4n) is 1.77. The molecule has 1 amide bonds. The number of amides is 1. The first-order valence-electron chi connectivity index (χ1n) is 6.44. The van der Waals surface area contributed by atoms with Crippen LogP contribution in [0.2, 0.25) is 0 Å². The van der Waals surface area contributed by atoms with Crippen molar-refractivity contribution in [1.29, 1.82) is 0 Å². The Morgan fingerprint density at radius 1 is 1.38 bits per heavy atom. The number of aromatic nitrogens is 2. The summed E-state index contributed by atoms with van der Waals surface area (Å²) in [5, 5.41) is 0. The first-order valence-corrected chi connectivity index (χ1v) is 6.44. The number of carbonyl (C=O) groups excluding carboxylic acids is 1. The Morgan fingerprint density at radius 2 is 2.05 bits per heavy atom. The maximum absolute atomic E-state index is 13.6. The summed E-state index contributed by atoms with van der Waals surface area (Å²) in [5.41, 5.74) is -0.307. The largest absolute Gasteiger partial charge is 0.444 e. The number of ether oxygens (including phenoxy) is 1. The lowest BCUT2D eigenvalue weighted by Gasteiger charge is -2.24. The van der Waals surface area contributed by atoms with Crippen LogP contribution >= 0.6 is 0 Å². The Kier molecular flexibility index (Phi) is 3.85. The predicted molar refractivity (Wildman–Crippen MR) is 73.7 cm³/mol. The fraction of sp³-hybridized carbons (Fsp3) is 0.429. The molecule has 0 aliphatic rings. The molecular weight excluding hydrogens is 280 g/mol. The van der Waals surface area contributed by atoms with E-state index in [1.807, 2.05) is 0 Å². The summed E-state index contributed by atoms with van der Waals surface area (Å²) in [7, 11) is 1.54. The van der Waals surface area contributed by atoms with Gasteiger partial charge in [0.25, 0.3) is 0 Å². The van der Waals surface area contributed by atoms with E-state index in [0.29, 0.717) is 11.3 Å². The molecule has 0 bridgehead atoms. The van der Waals surface area contributed by atoms with E-state index in [1.165, 1.54) is 18.0 Å². The molecular formula is C14H17F2N3O2. The van der Waals surface area contributed by atoms with Crippen LogP contribution < -0.4 is 0 Å². The number of aromatic amines is 1. The van der Waals surface area contributed by atoms with Crippen molar-refractivity contribution in [1.82, 2.24) is 14.9 Å². The maximum Gasteiger partial charge on any atom is 0.410 e. The minimum Gasteiger partial charge on any atom is -0.444 e. The lowest BCUT2D eigenvalue weighted by atomic mass is 10.2. The summed E-state index contributed by atoms with van der Waals surface area (Å²) < 4.78 is 31.9. The third kappa shape index (κ3) is 3.48. The number of fused-ring (bicyclic) bond motifs is 1. The molecule has 0 aliphatic heterocycles. The Balaban J connectivity index is 2.16. The van der Waals surface area contributed by atoms with Gasteiger partial charge in [0.1, 0.15) is 16.9 Å². The SMILES string of the molecule is CN(Cc1nc2c(F)c(F)ccc2[nH]1)C(=O)OC(C)(C)C. The first-order chi connectivity index (χ1) is 9.67. The second-order valence-electron chi connectivity index (χ2n) is 5.78. The number of nitrogens with zero attached hydrogens (tertiary/aromatic N) is 2. The van der Waals surface area contributed by atoms with Gasteiger partial charge in [0, 0.05) is 7.05 Å². The number of rotatable bonds is 2. The average Bonchev–Trinajstić information content (AvgIpc) is 2.75. The van der Waals surface area contributed by atoms with Crippen molar-refractivity contribution >= 4 is 17.1 Å². The molecule has 7 heteroatoms. The van der Waals surface area contributed by atoms with Gasteiger partial charge in [-0.3, -0.25) is 0 Å². The van der Waals surface area contributed by atoms with E-state index in [1.54, 1.807) is 20.8 Å². The lowest BCUT2D eigenvalue weighted by molar-refractivity contribution is 0.0281. The third-order valence-electron chi connectivity index (χ3n) is 2.69. The molecule has 0 fully saturated rings. The second kappa shape index (κ2) is 5.31. The van der Waals surface area contributed by atoms with Crippen LogP contribution in [0.25, 0.3) is 11.0 Å². The van der Waals surface area contributed by atoms with E-state index >= 15 is 0 Å². The van der Waals surface area contributed by atoms with Crippen LogP contribution in [0.5, 0.6) is 0 Å². The van der Waals surface area contributed by atoms with Crippen molar-refractivity contribution < 1.29 is 18.3 Å². The standard InChI is InChI=1S/C14H17F2N3O2/c1-14(2,3)21-13(20)19(4)7-10-17-9-6-5-8(15)11(16)12(9)18-10/h5-6H,7H2,1-4H3,(H,17,18). The molecule has 114 valence electrons. The molecule has 2 rings (SSSR count). The normalized spacial score (nSPS) is 11.7. The monoisotopic (exact) mass is 297 g/mol. The van der Waals surface area contributed by atoms with Gasteiger partial charge < -0.3 is 14.6 Å². The number of benzene rings is 1. The van der Waals surface area contributed by atoms with Crippen LogP contribution in [0.3, 0.4) is 0 Å². The minimum atomic E-state index is -1.00. The summed E-state index contributed by atoms with van der Waals surface area (Å²) in [5.74, 6) is -1.61. The molecule has 0 saturated carbocycles. The van der Waals surface area contributed by atoms with Gasteiger partial charge in [0.15, 0.2) is 11.6 Å². The number of halogens is 2. The van der Waals surface area contributed by atoms with Crippen LogP contribution in [-0.4, -0.2) is 33.6 Å². The Morgan fingerprint density at radius 3 is 2.67 bits per heavy atom. The van der Waals surface area contributed by atoms with Gasteiger partial charge in [-0.1, -0.05) is 0 Å². The predicted octanol–water partition coefficient (Wildman–Crippen LogP) is 3.21. The number of nitrogens with one attached hydrogen (secondary N) is 1. The molecule has 0 aliphatic carbocycles. The number of carbonyl (C=O) groups is 1. The van der Waals surface area contributed by atoms with Gasteiger partial charge >= 0.3 is 6.09 Å². The van der Waals surface area contributed by atoms with Gasteiger partial charge in [-0.05, 0) is 32.9 Å². The molecule has 1 heterocycles. The van der Waals surface area contributed by atoms with Crippen molar-refractivity contribution in [2.24, 2.45) is 0 Å². The zero-order valence-corrected chi connectivity index (χ0v) is 12.3. The Bertz CT molecular complexity index is 677. The number of hydrogen-bond acceptors (Lipinski definition) is 3. The Labute approximate surface area is 120 Å². The number of H-pyrrole nitrogens is 1. The zero-order valence-electron chi connectivity index (χ0n) is 12.3. The van der Waals surface area contributed by atoms with E-state index in [-0.39, 0.29) is 12.1 Å². The second-order valence-corrected chi connectivity index (χ2v) is 5.78. The first kappa shape index (κ1) is 15.2. The minimum absolute atomic E-state index is 0.0809. The summed E-state index contributed by atoms with van der Waals surface area (Å²) in [6.45, 7) is 5.39. The molecule has 0 spiro atoms. The molecule has 0 atom stereocenters. The number of hydrogen-bond donors (Lipinski definition) is 1. The molecule has 0 saturated heterocycles.